The van der Waals surface area contributed by atoms with Crippen molar-refractivity contribution in [2.75, 3.05) is 6.61 Å². The topological polar surface area (TPSA) is 126 Å². The van der Waals surface area contributed by atoms with Gasteiger partial charge in [-0.3, -0.25) is 4.79 Å². The lowest BCUT2D eigenvalue weighted by Gasteiger charge is -2.14. The van der Waals surface area contributed by atoms with Crippen molar-refractivity contribution >= 4 is 5.91 Å². The molecule has 4 atom stereocenters. The summed E-state index contributed by atoms with van der Waals surface area (Å²) in [6.07, 6.45) is -4.17. The molecule has 0 saturated carbocycles. The number of pyridine rings is 1. The van der Waals surface area contributed by atoms with Crippen LogP contribution in [-0.4, -0.2) is 51.1 Å². The number of primary amides is 1. The van der Waals surface area contributed by atoms with E-state index in [2.05, 4.69) is 4.98 Å². The van der Waals surface area contributed by atoms with Crippen molar-refractivity contribution in [3.8, 4) is 0 Å². The Bertz CT molecular complexity index is 453. The summed E-state index contributed by atoms with van der Waals surface area (Å²) < 4.78 is 5.29. The molecule has 0 aromatic carbocycles. The zero-order valence-corrected chi connectivity index (χ0v) is 9.43. The van der Waals surface area contributed by atoms with Gasteiger partial charge in [0.2, 0.25) is 0 Å². The van der Waals surface area contributed by atoms with E-state index < -0.39 is 36.9 Å². The van der Waals surface area contributed by atoms with Crippen molar-refractivity contribution < 1.29 is 24.9 Å². The van der Waals surface area contributed by atoms with Crippen LogP contribution in [-0.2, 0) is 4.74 Å². The van der Waals surface area contributed by atoms with Crippen LogP contribution >= 0.6 is 0 Å². The fourth-order valence-electron chi connectivity index (χ4n) is 1.89. The molecule has 0 spiro atoms. The van der Waals surface area contributed by atoms with E-state index in [4.69, 9.17) is 15.6 Å². The number of nitrogens with zero attached hydrogens (tertiary/aromatic N) is 1. The number of hydrogen-bond acceptors (Lipinski definition) is 6. The second kappa shape index (κ2) is 4.99. The van der Waals surface area contributed by atoms with Crippen LogP contribution in [0, 0.1) is 0 Å². The van der Waals surface area contributed by atoms with Gasteiger partial charge in [0.25, 0.3) is 5.91 Å². The van der Waals surface area contributed by atoms with Gasteiger partial charge < -0.3 is 25.8 Å². The van der Waals surface area contributed by atoms with Crippen LogP contribution in [0.4, 0.5) is 0 Å². The van der Waals surface area contributed by atoms with Gasteiger partial charge in [-0.2, -0.15) is 0 Å². The number of carbonyl (C=O) groups excluding carboxylic acids is 1. The zero-order valence-electron chi connectivity index (χ0n) is 9.43. The number of aliphatic hydroxyl groups is 3. The van der Waals surface area contributed by atoms with Crippen molar-refractivity contribution in [2.24, 2.45) is 5.73 Å². The fourth-order valence-corrected chi connectivity index (χ4v) is 1.89. The van der Waals surface area contributed by atoms with Crippen LogP contribution in [0.3, 0.4) is 0 Å². The highest BCUT2D eigenvalue weighted by Gasteiger charge is 2.43. The van der Waals surface area contributed by atoms with Gasteiger partial charge >= 0.3 is 0 Å². The molecule has 98 valence electrons. The maximum absolute atomic E-state index is 11.0. The van der Waals surface area contributed by atoms with Gasteiger partial charge in [-0.05, 0) is 12.1 Å². The molecule has 1 aromatic rings. The maximum atomic E-state index is 11.0. The highest BCUT2D eigenvalue weighted by molar-refractivity contribution is 5.90. The summed E-state index contributed by atoms with van der Waals surface area (Å²) in [5.41, 5.74) is 5.44. The lowest BCUT2D eigenvalue weighted by Crippen LogP contribution is -2.32. The third-order valence-corrected chi connectivity index (χ3v) is 2.86. The van der Waals surface area contributed by atoms with E-state index in [0.717, 1.165) is 0 Å². The first-order chi connectivity index (χ1) is 8.54. The Morgan fingerprint density at radius 3 is 2.67 bits per heavy atom. The fraction of sp³-hybridized carbons (Fsp3) is 0.455. The second-order valence-corrected chi connectivity index (χ2v) is 4.07. The predicted molar refractivity (Wildman–Crippen MR) is 59.5 cm³/mol. The molecule has 18 heavy (non-hydrogen) atoms. The number of nitrogens with two attached hydrogens (primary N) is 1. The molecular weight excluding hydrogens is 240 g/mol. The highest BCUT2D eigenvalue weighted by Crippen LogP contribution is 2.32. The third kappa shape index (κ3) is 2.21. The number of amides is 1. The van der Waals surface area contributed by atoms with Gasteiger partial charge in [0.05, 0.1) is 12.3 Å². The molecule has 4 unspecified atom stereocenters. The molecule has 1 amide bonds. The van der Waals surface area contributed by atoms with Crippen LogP contribution in [0.5, 0.6) is 0 Å². The van der Waals surface area contributed by atoms with E-state index >= 15 is 0 Å². The summed E-state index contributed by atoms with van der Waals surface area (Å²) >= 11 is 0. The summed E-state index contributed by atoms with van der Waals surface area (Å²) in [6.45, 7) is -0.412. The number of rotatable bonds is 3. The van der Waals surface area contributed by atoms with Crippen molar-refractivity contribution in [3.63, 3.8) is 0 Å². The highest BCUT2D eigenvalue weighted by atomic mass is 16.6. The molecular formula is C11H14N2O5. The average Bonchev–Trinajstić information content (AvgIpc) is 2.66. The first-order valence-corrected chi connectivity index (χ1v) is 5.43. The van der Waals surface area contributed by atoms with Crippen molar-refractivity contribution in [1.29, 1.82) is 0 Å². The largest absolute Gasteiger partial charge is 0.394 e. The van der Waals surface area contributed by atoms with Gasteiger partial charge in [0.1, 0.15) is 30.1 Å². The third-order valence-electron chi connectivity index (χ3n) is 2.86. The molecule has 1 aliphatic rings. The average molecular weight is 254 g/mol. The van der Waals surface area contributed by atoms with E-state index in [1.807, 2.05) is 0 Å². The van der Waals surface area contributed by atoms with E-state index in [1.54, 1.807) is 12.1 Å². The first-order valence-electron chi connectivity index (χ1n) is 5.43. The molecule has 0 bridgehead atoms. The van der Waals surface area contributed by atoms with Crippen LogP contribution in [0.2, 0.25) is 0 Å². The van der Waals surface area contributed by atoms with Crippen LogP contribution in [0.1, 0.15) is 22.3 Å². The van der Waals surface area contributed by atoms with Crippen molar-refractivity contribution in [3.05, 3.63) is 29.6 Å². The Hall–Kier alpha value is -1.54. The van der Waals surface area contributed by atoms with Crippen LogP contribution in [0.25, 0.3) is 0 Å². The van der Waals surface area contributed by atoms with Gasteiger partial charge in [0, 0.05) is 0 Å². The van der Waals surface area contributed by atoms with Gasteiger partial charge in [-0.15, -0.1) is 0 Å². The number of aliphatic hydroxyl groups excluding tert-OH is 3. The number of aromatic nitrogens is 1. The second-order valence-electron chi connectivity index (χ2n) is 4.07. The Labute approximate surface area is 103 Å². The molecule has 1 fully saturated rings. The Morgan fingerprint density at radius 2 is 2.11 bits per heavy atom. The molecule has 0 radical (unpaired) electrons. The summed E-state index contributed by atoms with van der Waals surface area (Å²) in [7, 11) is 0. The predicted octanol–water partition coefficient (Wildman–Crippen LogP) is -1.67. The van der Waals surface area contributed by atoms with Gasteiger partial charge in [-0.1, -0.05) is 6.07 Å². The summed E-state index contributed by atoms with van der Waals surface area (Å²) in [5.74, 6) is -0.691. The minimum Gasteiger partial charge on any atom is -0.394 e. The smallest absolute Gasteiger partial charge is 0.267 e. The Morgan fingerprint density at radius 1 is 1.39 bits per heavy atom. The first kappa shape index (κ1) is 12.9. The molecule has 0 aliphatic carbocycles. The standard InChI is InChI=1S/C11H14N2O5/c12-11(17)6-3-1-2-5(13-6)10-9(16)8(15)7(4-14)18-10/h1-3,7-10,14-16H,4H2,(H2,12,17). The van der Waals surface area contributed by atoms with Crippen molar-refractivity contribution in [2.45, 2.75) is 24.4 Å². The van der Waals surface area contributed by atoms with Crippen LogP contribution < -0.4 is 5.73 Å². The quantitative estimate of drug-likeness (QED) is 0.511. The van der Waals surface area contributed by atoms with Gasteiger partial charge in [-0.25, -0.2) is 4.98 Å². The Balaban J connectivity index is 2.27. The summed E-state index contributed by atoms with van der Waals surface area (Å²) in [4.78, 5) is 15.0. The summed E-state index contributed by atoms with van der Waals surface area (Å²) in [6, 6.07) is 4.54. The number of ether oxygens (including phenoxy) is 1. The molecule has 1 aliphatic heterocycles. The van der Waals surface area contributed by atoms with Crippen LogP contribution in [0.15, 0.2) is 18.2 Å². The normalized spacial score (nSPS) is 31.5. The van der Waals surface area contributed by atoms with E-state index in [9.17, 15) is 15.0 Å². The lowest BCUT2D eigenvalue weighted by molar-refractivity contribution is -0.0239. The Kier molecular flexibility index (Phi) is 3.58. The monoisotopic (exact) mass is 254 g/mol. The minimum atomic E-state index is -1.21. The number of carbonyl (C=O) groups is 1. The van der Waals surface area contributed by atoms with Crippen molar-refractivity contribution in [1.82, 2.24) is 4.98 Å². The SMILES string of the molecule is NC(=O)c1cccc(C2OC(CO)C(O)C2O)n1. The van der Waals surface area contributed by atoms with E-state index in [1.165, 1.54) is 6.07 Å². The molecule has 2 heterocycles. The minimum absolute atomic E-state index is 0.0465. The summed E-state index contributed by atoms with van der Waals surface area (Å²) in [5, 5.41) is 28.4. The van der Waals surface area contributed by atoms with Gasteiger partial charge in [0.15, 0.2) is 0 Å². The molecule has 7 nitrogen and oxygen atoms in total. The number of hydrogen-bond donors (Lipinski definition) is 4. The molecule has 2 rings (SSSR count). The van der Waals surface area contributed by atoms with E-state index in [0.29, 0.717) is 0 Å². The maximum Gasteiger partial charge on any atom is 0.267 e. The molecule has 7 heteroatoms. The lowest BCUT2D eigenvalue weighted by atomic mass is 10.1. The molecule has 1 aromatic heterocycles. The zero-order chi connectivity index (χ0) is 13.3. The molecule has 1 saturated heterocycles. The molecule has 5 N–H and O–H groups in total. The van der Waals surface area contributed by atoms with E-state index in [-0.39, 0.29) is 11.4 Å².